The highest BCUT2D eigenvalue weighted by molar-refractivity contribution is 8.01. The number of amides is 1. The molecule has 2 heterocycles. The lowest BCUT2D eigenvalue weighted by Gasteiger charge is -2.39. The van der Waals surface area contributed by atoms with Crippen LogP contribution in [0.25, 0.3) is 0 Å². The summed E-state index contributed by atoms with van der Waals surface area (Å²) in [5.74, 6) is 0.612. The number of carbonyl (C=O) groups is 2. The summed E-state index contributed by atoms with van der Waals surface area (Å²) in [6, 6.07) is -0.239. The number of thioether (sulfide) groups is 1. The van der Waals surface area contributed by atoms with Crippen LogP contribution >= 0.6 is 11.8 Å². The number of piperidine rings is 1. The van der Waals surface area contributed by atoms with Gasteiger partial charge in [-0.2, -0.15) is 0 Å². The molecule has 2 fully saturated rings. The van der Waals surface area contributed by atoms with Crippen molar-refractivity contribution in [1.82, 2.24) is 10.2 Å². The van der Waals surface area contributed by atoms with E-state index in [1.54, 1.807) is 18.7 Å². The van der Waals surface area contributed by atoms with Gasteiger partial charge in [0.15, 0.2) is 0 Å². The Morgan fingerprint density at radius 1 is 1.53 bits per heavy atom. The molecular formula is C11H18N2O3S. The van der Waals surface area contributed by atoms with Crippen LogP contribution in [0.15, 0.2) is 0 Å². The molecule has 0 aliphatic carbocycles. The lowest BCUT2D eigenvalue weighted by Crippen LogP contribution is -2.56. The Morgan fingerprint density at radius 3 is 2.94 bits per heavy atom. The van der Waals surface area contributed by atoms with Gasteiger partial charge >= 0.3 is 5.97 Å². The molecule has 2 aliphatic rings. The van der Waals surface area contributed by atoms with E-state index < -0.39 is 0 Å². The fraction of sp³-hybridized carbons (Fsp3) is 0.818. The van der Waals surface area contributed by atoms with E-state index in [9.17, 15) is 9.59 Å². The first-order valence-corrected chi connectivity index (χ1v) is 6.80. The van der Waals surface area contributed by atoms with Crippen molar-refractivity contribution in [3.63, 3.8) is 0 Å². The minimum atomic E-state index is -0.239. The maximum atomic E-state index is 11.5. The first-order chi connectivity index (χ1) is 8.06. The molecule has 0 aromatic rings. The summed E-state index contributed by atoms with van der Waals surface area (Å²) in [5, 5.41) is 3.34. The third-order valence-electron chi connectivity index (χ3n) is 3.35. The van der Waals surface area contributed by atoms with Gasteiger partial charge < -0.3 is 9.64 Å². The van der Waals surface area contributed by atoms with Gasteiger partial charge in [0, 0.05) is 25.8 Å². The van der Waals surface area contributed by atoms with E-state index >= 15 is 0 Å². The van der Waals surface area contributed by atoms with Gasteiger partial charge in [-0.25, -0.2) is 0 Å². The van der Waals surface area contributed by atoms with Crippen LogP contribution in [0, 0.1) is 0 Å². The molecule has 6 heteroatoms. The van der Waals surface area contributed by atoms with Gasteiger partial charge in [0.2, 0.25) is 5.91 Å². The summed E-state index contributed by atoms with van der Waals surface area (Å²) in [4.78, 5) is 24.6. The predicted octanol–water partition coefficient (Wildman–Crippen LogP) is 0.203. The third-order valence-corrected chi connectivity index (χ3v) is 4.85. The van der Waals surface area contributed by atoms with Crippen molar-refractivity contribution in [1.29, 1.82) is 0 Å². The van der Waals surface area contributed by atoms with Crippen LogP contribution in [0.1, 0.15) is 19.8 Å². The third kappa shape index (κ3) is 2.57. The summed E-state index contributed by atoms with van der Waals surface area (Å²) in [5.41, 5.74) is 0. The van der Waals surface area contributed by atoms with Gasteiger partial charge in [0.25, 0.3) is 0 Å². The molecule has 2 rings (SSSR count). The second-order valence-corrected chi connectivity index (χ2v) is 5.97. The fourth-order valence-corrected chi connectivity index (χ4v) is 3.91. The number of carbonyl (C=O) groups excluding carboxylic acids is 2. The summed E-state index contributed by atoms with van der Waals surface area (Å²) >= 11 is 1.73. The molecule has 1 spiro atoms. The van der Waals surface area contributed by atoms with Crippen LogP contribution in [0.5, 0.6) is 0 Å². The average molecular weight is 258 g/mol. The van der Waals surface area contributed by atoms with Crippen molar-refractivity contribution in [2.24, 2.45) is 0 Å². The number of nitrogens with one attached hydrogen (secondary N) is 1. The Balaban J connectivity index is 2.01. The van der Waals surface area contributed by atoms with Crippen LogP contribution in [-0.4, -0.2) is 53.6 Å². The number of esters is 1. The molecule has 5 nitrogen and oxygen atoms in total. The number of methoxy groups -OCH3 is 1. The smallest absolute Gasteiger partial charge is 0.323 e. The Hall–Kier alpha value is -0.750. The Morgan fingerprint density at radius 2 is 2.29 bits per heavy atom. The van der Waals surface area contributed by atoms with Crippen molar-refractivity contribution in [2.75, 3.05) is 26.0 Å². The van der Waals surface area contributed by atoms with Gasteiger partial charge in [-0.3, -0.25) is 14.9 Å². The van der Waals surface area contributed by atoms with Gasteiger partial charge in [-0.1, -0.05) is 0 Å². The van der Waals surface area contributed by atoms with Gasteiger partial charge in [-0.15, -0.1) is 11.8 Å². The molecule has 2 atom stereocenters. The number of hydrogen-bond acceptors (Lipinski definition) is 5. The highest BCUT2D eigenvalue weighted by Gasteiger charge is 2.45. The van der Waals surface area contributed by atoms with Crippen LogP contribution in [0.3, 0.4) is 0 Å². The lowest BCUT2D eigenvalue weighted by molar-refractivity contribution is -0.142. The maximum absolute atomic E-state index is 11.5. The first kappa shape index (κ1) is 12.7. The summed E-state index contributed by atoms with van der Waals surface area (Å²) in [6.07, 6.45) is 1.97. The summed E-state index contributed by atoms with van der Waals surface area (Å²) < 4.78 is 4.75. The van der Waals surface area contributed by atoms with Crippen molar-refractivity contribution in [2.45, 2.75) is 30.7 Å². The molecule has 1 unspecified atom stereocenters. The van der Waals surface area contributed by atoms with Gasteiger partial charge in [0.05, 0.1) is 12.0 Å². The molecule has 0 aromatic carbocycles. The van der Waals surface area contributed by atoms with E-state index in [0.717, 1.165) is 25.1 Å². The van der Waals surface area contributed by atoms with Crippen LogP contribution in [0.2, 0.25) is 0 Å². The van der Waals surface area contributed by atoms with Crippen molar-refractivity contribution < 1.29 is 14.3 Å². The average Bonchev–Trinajstić information content (AvgIpc) is 2.72. The molecule has 2 saturated heterocycles. The number of likely N-dealkylation sites (tertiary alicyclic amines) is 1. The summed E-state index contributed by atoms with van der Waals surface area (Å²) in [7, 11) is 1.41. The van der Waals surface area contributed by atoms with Gasteiger partial charge in [-0.05, 0) is 12.8 Å². The predicted molar refractivity (Wildman–Crippen MR) is 65.6 cm³/mol. The van der Waals surface area contributed by atoms with Crippen molar-refractivity contribution in [3.8, 4) is 0 Å². The van der Waals surface area contributed by atoms with Crippen molar-refractivity contribution >= 4 is 23.6 Å². The van der Waals surface area contributed by atoms with E-state index in [4.69, 9.17) is 4.74 Å². The minimum absolute atomic E-state index is 0.105. The second kappa shape index (κ2) is 4.86. The quantitative estimate of drug-likeness (QED) is 0.681. The standard InChI is InChI=1S/C11H18N2O3S/c1-8(14)13-5-3-4-11(7-13)12-9(6-17-11)10(15)16-2/h9,12H,3-7H2,1-2H3/t9-,11?/m0/s1. The molecule has 0 saturated carbocycles. The maximum Gasteiger partial charge on any atom is 0.323 e. The normalized spacial score (nSPS) is 32.8. The highest BCUT2D eigenvalue weighted by atomic mass is 32.2. The van der Waals surface area contributed by atoms with E-state index in [0.29, 0.717) is 6.54 Å². The zero-order chi connectivity index (χ0) is 12.5. The Kier molecular flexibility index (Phi) is 3.63. The van der Waals surface area contributed by atoms with Crippen LogP contribution < -0.4 is 5.32 Å². The van der Waals surface area contributed by atoms with E-state index in [-0.39, 0.29) is 22.8 Å². The lowest BCUT2D eigenvalue weighted by atomic mass is 10.0. The molecule has 0 aromatic heterocycles. The zero-order valence-corrected chi connectivity index (χ0v) is 11.0. The molecule has 0 bridgehead atoms. The second-order valence-electron chi connectivity index (χ2n) is 4.57. The SMILES string of the molecule is COC(=O)[C@@H]1CSC2(CCCN(C(C)=O)C2)N1. The molecule has 1 N–H and O–H groups in total. The molecular weight excluding hydrogens is 240 g/mol. The molecule has 2 aliphatic heterocycles. The highest BCUT2D eigenvalue weighted by Crippen LogP contribution is 2.38. The van der Waals surface area contributed by atoms with E-state index in [1.165, 1.54) is 7.11 Å². The monoisotopic (exact) mass is 258 g/mol. The zero-order valence-electron chi connectivity index (χ0n) is 10.2. The summed E-state index contributed by atoms with van der Waals surface area (Å²) in [6.45, 7) is 3.10. The number of rotatable bonds is 1. The largest absolute Gasteiger partial charge is 0.468 e. The number of ether oxygens (including phenoxy) is 1. The topological polar surface area (TPSA) is 58.6 Å². The molecule has 96 valence electrons. The Bertz CT molecular complexity index is 337. The van der Waals surface area contributed by atoms with Crippen LogP contribution in [0.4, 0.5) is 0 Å². The van der Waals surface area contributed by atoms with Gasteiger partial charge in [0.1, 0.15) is 6.04 Å². The number of hydrogen-bond donors (Lipinski definition) is 1. The first-order valence-electron chi connectivity index (χ1n) is 5.81. The molecule has 17 heavy (non-hydrogen) atoms. The molecule has 0 radical (unpaired) electrons. The fourth-order valence-electron chi connectivity index (χ4n) is 2.44. The molecule has 1 amide bonds. The number of nitrogens with zero attached hydrogens (tertiary/aromatic N) is 1. The van der Waals surface area contributed by atoms with Crippen LogP contribution in [-0.2, 0) is 14.3 Å². The van der Waals surface area contributed by atoms with E-state index in [1.807, 2.05) is 4.90 Å². The minimum Gasteiger partial charge on any atom is -0.468 e. The Labute approximate surface area is 105 Å². The van der Waals surface area contributed by atoms with Crippen molar-refractivity contribution in [3.05, 3.63) is 0 Å². The van der Waals surface area contributed by atoms with E-state index in [2.05, 4.69) is 5.32 Å².